The highest BCUT2D eigenvalue weighted by Gasteiger charge is 2.38. The van der Waals surface area contributed by atoms with Gasteiger partial charge in [0.15, 0.2) is 0 Å². The highest BCUT2D eigenvalue weighted by molar-refractivity contribution is 7.86. The smallest absolute Gasteiger partial charge is 0.276 e. The van der Waals surface area contributed by atoms with E-state index in [2.05, 4.69) is 18.7 Å². The molecule has 3 rings (SSSR count). The Balaban J connectivity index is 1.58. The average molecular weight is 373 g/mol. The van der Waals surface area contributed by atoms with Crippen LogP contribution in [0.25, 0.3) is 0 Å². The maximum Gasteiger partial charge on any atom is 0.276 e. The summed E-state index contributed by atoms with van der Waals surface area (Å²) in [4.78, 5) is 17.6. The van der Waals surface area contributed by atoms with E-state index in [1.807, 2.05) is 4.90 Å². The lowest BCUT2D eigenvalue weighted by atomic mass is 9.94. The topological polar surface area (TPSA) is 86.9 Å². The molecule has 7 nitrogen and oxygen atoms in total. The molecule has 0 bridgehead atoms. The van der Waals surface area contributed by atoms with Crippen molar-refractivity contribution >= 4 is 16.1 Å². The van der Waals surface area contributed by atoms with Gasteiger partial charge in [0, 0.05) is 50.2 Å². The minimum Gasteiger partial charge on any atom is -0.341 e. The molecular formula is C17H32N4O3S. The monoisotopic (exact) mass is 372 g/mol. The van der Waals surface area contributed by atoms with Crippen molar-refractivity contribution in [1.82, 2.24) is 14.1 Å². The van der Waals surface area contributed by atoms with Crippen LogP contribution in [0.4, 0.5) is 0 Å². The summed E-state index contributed by atoms with van der Waals surface area (Å²) in [5, 5.41) is 5.19. The van der Waals surface area contributed by atoms with Crippen molar-refractivity contribution in [3.63, 3.8) is 0 Å². The fourth-order valence-corrected chi connectivity index (χ4v) is 5.67. The molecule has 0 spiro atoms. The van der Waals surface area contributed by atoms with E-state index in [0.717, 1.165) is 19.5 Å². The summed E-state index contributed by atoms with van der Waals surface area (Å²) in [5.41, 5.74) is 0. The fraction of sp³-hybridized carbons (Fsp3) is 0.941. The number of rotatable bonds is 3. The molecule has 3 fully saturated rings. The van der Waals surface area contributed by atoms with Crippen molar-refractivity contribution in [3.8, 4) is 0 Å². The lowest BCUT2D eigenvalue weighted by Gasteiger charge is -2.43. The molecule has 144 valence electrons. The first-order valence-electron chi connectivity index (χ1n) is 9.61. The molecule has 0 aromatic heterocycles. The Morgan fingerprint density at radius 2 is 1.56 bits per heavy atom. The highest BCUT2D eigenvalue weighted by atomic mass is 32.2. The second kappa shape index (κ2) is 7.50. The van der Waals surface area contributed by atoms with E-state index in [4.69, 9.17) is 5.14 Å². The number of likely N-dealkylation sites (tertiary alicyclic amines) is 2. The largest absolute Gasteiger partial charge is 0.341 e. The van der Waals surface area contributed by atoms with Crippen LogP contribution in [0.15, 0.2) is 0 Å². The van der Waals surface area contributed by atoms with E-state index in [0.29, 0.717) is 44.1 Å². The van der Waals surface area contributed by atoms with E-state index in [-0.39, 0.29) is 11.8 Å². The second-order valence-electron chi connectivity index (χ2n) is 8.02. The normalized spacial score (nSPS) is 33.7. The molecule has 3 saturated heterocycles. The molecule has 0 aromatic rings. The van der Waals surface area contributed by atoms with Gasteiger partial charge in [-0.1, -0.05) is 0 Å². The maximum atomic E-state index is 12.9. The molecular weight excluding hydrogens is 340 g/mol. The number of amides is 1. The van der Waals surface area contributed by atoms with Crippen molar-refractivity contribution < 1.29 is 13.2 Å². The van der Waals surface area contributed by atoms with E-state index in [9.17, 15) is 13.2 Å². The van der Waals surface area contributed by atoms with Crippen LogP contribution >= 0.6 is 0 Å². The summed E-state index contributed by atoms with van der Waals surface area (Å²) in [7, 11) is -3.63. The van der Waals surface area contributed by atoms with Gasteiger partial charge in [-0.05, 0) is 52.4 Å². The van der Waals surface area contributed by atoms with Crippen molar-refractivity contribution in [3.05, 3.63) is 0 Å². The first-order chi connectivity index (χ1) is 11.8. The van der Waals surface area contributed by atoms with Gasteiger partial charge in [-0.25, -0.2) is 5.14 Å². The van der Waals surface area contributed by atoms with Gasteiger partial charge in [0.1, 0.15) is 0 Å². The zero-order valence-corrected chi connectivity index (χ0v) is 16.2. The molecule has 3 heterocycles. The zero-order chi connectivity index (χ0) is 18.2. The zero-order valence-electron chi connectivity index (χ0n) is 15.4. The van der Waals surface area contributed by atoms with Crippen molar-refractivity contribution in [2.75, 3.05) is 26.2 Å². The Hall–Kier alpha value is -0.700. The molecule has 0 radical (unpaired) electrons. The van der Waals surface area contributed by atoms with Gasteiger partial charge in [-0.15, -0.1) is 0 Å². The number of carbonyl (C=O) groups excluding carboxylic acids is 1. The average Bonchev–Trinajstić information content (AvgIpc) is 2.92. The van der Waals surface area contributed by atoms with Gasteiger partial charge < -0.3 is 4.90 Å². The Morgan fingerprint density at radius 3 is 2.12 bits per heavy atom. The van der Waals surface area contributed by atoms with Crippen LogP contribution in [0, 0.1) is 5.92 Å². The maximum absolute atomic E-state index is 12.9. The van der Waals surface area contributed by atoms with Gasteiger partial charge in [-0.2, -0.15) is 12.7 Å². The summed E-state index contributed by atoms with van der Waals surface area (Å²) >= 11 is 0. The van der Waals surface area contributed by atoms with Crippen molar-refractivity contribution in [2.45, 2.75) is 70.5 Å². The van der Waals surface area contributed by atoms with Gasteiger partial charge in [0.2, 0.25) is 5.91 Å². The van der Waals surface area contributed by atoms with Gasteiger partial charge in [0.25, 0.3) is 10.2 Å². The minimum atomic E-state index is -3.63. The standard InChI is InChI=1S/C17H32N4O3S/c1-13-5-6-14(2)21(13)16-4-3-9-19(12-16)17(22)15-7-10-20(11-8-15)25(18,23)24/h13-16H,3-12H2,1-2H3,(H2,18,23,24). The van der Waals surface area contributed by atoms with Gasteiger partial charge >= 0.3 is 0 Å². The van der Waals surface area contributed by atoms with Crippen molar-refractivity contribution in [1.29, 1.82) is 0 Å². The number of nitrogens with two attached hydrogens (primary N) is 1. The number of hydrogen-bond acceptors (Lipinski definition) is 4. The van der Waals surface area contributed by atoms with Crippen LogP contribution in [0.1, 0.15) is 52.4 Å². The quantitative estimate of drug-likeness (QED) is 0.793. The molecule has 25 heavy (non-hydrogen) atoms. The van der Waals surface area contributed by atoms with Crippen LogP contribution in [-0.4, -0.2) is 72.7 Å². The number of carbonyl (C=O) groups is 1. The predicted octanol–water partition coefficient (Wildman–Crippen LogP) is 0.766. The van der Waals surface area contributed by atoms with E-state index < -0.39 is 10.2 Å². The third-order valence-electron chi connectivity index (χ3n) is 6.31. The summed E-state index contributed by atoms with van der Waals surface area (Å²) in [6.07, 6.45) is 5.87. The molecule has 3 atom stereocenters. The predicted molar refractivity (Wildman–Crippen MR) is 97.0 cm³/mol. The Bertz CT molecular complexity index is 579. The summed E-state index contributed by atoms with van der Waals surface area (Å²) in [6, 6.07) is 1.68. The first-order valence-corrected chi connectivity index (χ1v) is 11.1. The highest BCUT2D eigenvalue weighted by Crippen LogP contribution is 2.31. The lowest BCUT2D eigenvalue weighted by molar-refractivity contribution is -0.139. The van der Waals surface area contributed by atoms with Gasteiger partial charge in [-0.3, -0.25) is 9.69 Å². The third-order valence-corrected chi connectivity index (χ3v) is 7.40. The molecule has 3 aliphatic rings. The van der Waals surface area contributed by atoms with Gasteiger partial charge in [0.05, 0.1) is 0 Å². The van der Waals surface area contributed by atoms with Crippen LogP contribution in [-0.2, 0) is 15.0 Å². The molecule has 8 heteroatoms. The second-order valence-corrected chi connectivity index (χ2v) is 9.57. The van der Waals surface area contributed by atoms with Crippen molar-refractivity contribution in [2.24, 2.45) is 11.1 Å². The lowest BCUT2D eigenvalue weighted by Crippen LogP contribution is -2.54. The molecule has 0 aromatic carbocycles. The SMILES string of the molecule is CC1CCC(C)N1C1CCCN(C(=O)C2CCN(S(N)(=O)=O)CC2)C1. The third kappa shape index (κ3) is 4.18. The molecule has 2 N–H and O–H groups in total. The number of piperidine rings is 2. The summed E-state index contributed by atoms with van der Waals surface area (Å²) < 4.78 is 24.1. The Kier molecular flexibility index (Phi) is 5.72. The van der Waals surface area contributed by atoms with Crippen LogP contribution < -0.4 is 5.14 Å². The van der Waals surface area contributed by atoms with Crippen LogP contribution in [0.5, 0.6) is 0 Å². The molecule has 3 aliphatic heterocycles. The Labute approximate surface area is 151 Å². The van der Waals surface area contributed by atoms with Crippen LogP contribution in [0.3, 0.4) is 0 Å². The van der Waals surface area contributed by atoms with Crippen LogP contribution in [0.2, 0.25) is 0 Å². The summed E-state index contributed by atoms with van der Waals surface area (Å²) in [5.74, 6) is 0.142. The first kappa shape index (κ1) is 19.1. The molecule has 3 unspecified atom stereocenters. The van der Waals surface area contributed by atoms with E-state index in [1.54, 1.807) is 0 Å². The Morgan fingerprint density at radius 1 is 0.960 bits per heavy atom. The number of nitrogens with zero attached hydrogens (tertiary/aromatic N) is 3. The molecule has 1 amide bonds. The molecule has 0 aliphatic carbocycles. The number of hydrogen-bond donors (Lipinski definition) is 1. The summed E-state index contributed by atoms with van der Waals surface area (Å²) in [6.45, 7) is 6.96. The molecule has 0 saturated carbocycles. The van der Waals surface area contributed by atoms with E-state index >= 15 is 0 Å². The fourth-order valence-electron chi connectivity index (χ4n) is 4.95. The van der Waals surface area contributed by atoms with E-state index in [1.165, 1.54) is 23.6 Å². The minimum absolute atomic E-state index is 0.0647.